The van der Waals surface area contributed by atoms with Crippen molar-refractivity contribution in [2.75, 3.05) is 0 Å². The number of hydrogen-bond donors (Lipinski definition) is 0. The third-order valence-electron chi connectivity index (χ3n) is 5.28. The summed E-state index contributed by atoms with van der Waals surface area (Å²) in [7, 11) is 0. The molecule has 1 aromatic carbocycles. The molecule has 2 aliphatic carbocycles. The summed E-state index contributed by atoms with van der Waals surface area (Å²) in [5.41, 5.74) is 4.33. The number of imidazole rings is 1. The fourth-order valence-electron chi connectivity index (χ4n) is 3.29. The Kier molecular flexibility index (Phi) is 4.87. The minimum atomic E-state index is -0.178. The second-order valence-corrected chi connectivity index (χ2v) is 7.97. The van der Waals surface area contributed by atoms with Crippen LogP contribution in [0.4, 0.5) is 0 Å². The molecule has 2 aliphatic rings. The van der Waals surface area contributed by atoms with Gasteiger partial charge in [-0.2, -0.15) is 0 Å². The van der Waals surface area contributed by atoms with Crippen LogP contribution in [0.2, 0.25) is 0 Å². The summed E-state index contributed by atoms with van der Waals surface area (Å²) >= 11 is 0. The predicted molar refractivity (Wildman–Crippen MR) is 110 cm³/mol. The molecule has 1 unspecified atom stereocenters. The lowest BCUT2D eigenvalue weighted by atomic mass is 9.98. The standard InChI is InChI=1S/C24H24N4O/c1-17-3-4-19(8-7-18-5-6-18)13-21(17)24(29-20-9-10-20)22-14-28(16-27-22)15-23-25-11-2-12-26-23/h2-4,11-14,16,18,20,24H,5-6,9-10,15H2,1H3. The highest BCUT2D eigenvalue weighted by Crippen LogP contribution is 2.36. The minimum Gasteiger partial charge on any atom is -0.364 e. The third kappa shape index (κ3) is 4.55. The van der Waals surface area contributed by atoms with Crippen molar-refractivity contribution in [1.29, 1.82) is 0 Å². The predicted octanol–water partition coefficient (Wildman–Crippen LogP) is 4.06. The van der Waals surface area contributed by atoms with Gasteiger partial charge in [0.15, 0.2) is 0 Å². The van der Waals surface area contributed by atoms with Crippen molar-refractivity contribution in [2.24, 2.45) is 5.92 Å². The summed E-state index contributed by atoms with van der Waals surface area (Å²) in [5.74, 6) is 8.06. The molecule has 0 spiro atoms. The van der Waals surface area contributed by atoms with Gasteiger partial charge in [-0.3, -0.25) is 0 Å². The molecule has 5 nitrogen and oxygen atoms in total. The minimum absolute atomic E-state index is 0.178. The maximum atomic E-state index is 6.42. The first-order chi connectivity index (χ1) is 14.2. The molecule has 0 amide bonds. The van der Waals surface area contributed by atoms with E-state index in [4.69, 9.17) is 4.74 Å². The Bertz CT molecular complexity index is 1060. The summed E-state index contributed by atoms with van der Waals surface area (Å²) in [4.78, 5) is 13.3. The Morgan fingerprint density at radius 2 is 1.97 bits per heavy atom. The number of rotatable bonds is 6. The Morgan fingerprint density at radius 3 is 2.72 bits per heavy atom. The molecule has 1 atom stereocenters. The highest BCUT2D eigenvalue weighted by Gasteiger charge is 2.30. The first-order valence-corrected chi connectivity index (χ1v) is 10.3. The quantitative estimate of drug-likeness (QED) is 0.602. The molecule has 146 valence electrons. The molecule has 0 saturated heterocycles. The fraction of sp³-hybridized carbons (Fsp3) is 0.375. The van der Waals surface area contributed by atoms with Crippen molar-refractivity contribution in [2.45, 2.75) is 51.4 Å². The van der Waals surface area contributed by atoms with E-state index in [2.05, 4.69) is 51.9 Å². The van der Waals surface area contributed by atoms with Crippen LogP contribution < -0.4 is 0 Å². The molecule has 29 heavy (non-hydrogen) atoms. The van der Waals surface area contributed by atoms with Crippen LogP contribution in [0.25, 0.3) is 0 Å². The van der Waals surface area contributed by atoms with Gasteiger partial charge < -0.3 is 9.30 Å². The average molecular weight is 384 g/mol. The Balaban J connectivity index is 1.43. The number of hydrogen-bond acceptors (Lipinski definition) is 4. The zero-order chi connectivity index (χ0) is 19.6. The molecule has 2 heterocycles. The van der Waals surface area contributed by atoms with Gasteiger partial charge in [-0.25, -0.2) is 15.0 Å². The van der Waals surface area contributed by atoms with E-state index in [-0.39, 0.29) is 6.10 Å². The smallest absolute Gasteiger partial charge is 0.147 e. The second kappa shape index (κ2) is 7.81. The van der Waals surface area contributed by atoms with Gasteiger partial charge >= 0.3 is 0 Å². The van der Waals surface area contributed by atoms with E-state index in [0.717, 1.165) is 35.5 Å². The van der Waals surface area contributed by atoms with E-state index < -0.39 is 0 Å². The highest BCUT2D eigenvalue weighted by atomic mass is 16.5. The highest BCUT2D eigenvalue weighted by molar-refractivity contribution is 5.44. The van der Waals surface area contributed by atoms with Crippen LogP contribution in [-0.4, -0.2) is 25.6 Å². The number of aryl methyl sites for hydroxylation is 1. The van der Waals surface area contributed by atoms with Crippen LogP contribution in [0.1, 0.15) is 60.0 Å². The van der Waals surface area contributed by atoms with Gasteiger partial charge in [0.05, 0.1) is 24.7 Å². The van der Waals surface area contributed by atoms with Gasteiger partial charge in [0, 0.05) is 30.1 Å². The second-order valence-electron chi connectivity index (χ2n) is 7.97. The largest absolute Gasteiger partial charge is 0.364 e. The lowest BCUT2D eigenvalue weighted by Crippen LogP contribution is -2.10. The lowest BCUT2D eigenvalue weighted by molar-refractivity contribution is 0.0630. The Morgan fingerprint density at radius 1 is 1.14 bits per heavy atom. The van der Waals surface area contributed by atoms with Crippen LogP contribution >= 0.6 is 0 Å². The lowest BCUT2D eigenvalue weighted by Gasteiger charge is -2.19. The maximum Gasteiger partial charge on any atom is 0.147 e. The SMILES string of the molecule is Cc1ccc(C#CC2CC2)cc1C(OC1CC1)c1cn(Cc2ncccn2)cn1. The van der Waals surface area contributed by atoms with Gasteiger partial charge in [0.25, 0.3) is 0 Å². The van der Waals surface area contributed by atoms with Crippen molar-refractivity contribution in [3.05, 3.63) is 77.4 Å². The topological polar surface area (TPSA) is 52.8 Å². The molecule has 0 aliphatic heterocycles. The summed E-state index contributed by atoms with van der Waals surface area (Å²) in [6.07, 6.45) is 12.3. The molecule has 5 rings (SSSR count). The first kappa shape index (κ1) is 18.1. The Hall–Kier alpha value is -2.97. The zero-order valence-corrected chi connectivity index (χ0v) is 16.6. The number of aromatic nitrogens is 4. The van der Waals surface area contributed by atoms with Crippen LogP contribution in [0.15, 0.2) is 49.2 Å². The van der Waals surface area contributed by atoms with Gasteiger partial charge in [0.2, 0.25) is 0 Å². The Labute approximate surface area is 171 Å². The molecule has 0 radical (unpaired) electrons. The fourth-order valence-corrected chi connectivity index (χ4v) is 3.29. The van der Waals surface area contributed by atoms with E-state index >= 15 is 0 Å². The van der Waals surface area contributed by atoms with E-state index in [0.29, 0.717) is 18.6 Å². The van der Waals surface area contributed by atoms with Crippen molar-refractivity contribution in [3.63, 3.8) is 0 Å². The molecule has 2 aromatic heterocycles. The molecule has 2 fully saturated rings. The van der Waals surface area contributed by atoms with E-state index in [9.17, 15) is 0 Å². The van der Waals surface area contributed by atoms with Crippen LogP contribution in [0.3, 0.4) is 0 Å². The van der Waals surface area contributed by atoms with Crippen molar-refractivity contribution in [1.82, 2.24) is 19.5 Å². The molecule has 0 N–H and O–H groups in total. The normalized spacial score (nSPS) is 16.9. The van der Waals surface area contributed by atoms with Gasteiger partial charge in [0.1, 0.15) is 11.9 Å². The molecular weight excluding hydrogens is 360 g/mol. The summed E-state index contributed by atoms with van der Waals surface area (Å²) in [5, 5.41) is 0. The van der Waals surface area contributed by atoms with Crippen LogP contribution in [0.5, 0.6) is 0 Å². The van der Waals surface area contributed by atoms with E-state index in [1.54, 1.807) is 12.4 Å². The monoisotopic (exact) mass is 384 g/mol. The molecule has 2 saturated carbocycles. The molecular formula is C24H24N4O. The summed E-state index contributed by atoms with van der Waals surface area (Å²) < 4.78 is 8.43. The average Bonchev–Trinajstić information content (AvgIpc) is 3.67. The maximum absolute atomic E-state index is 6.42. The van der Waals surface area contributed by atoms with Gasteiger partial charge in [-0.05, 0) is 61.9 Å². The molecule has 3 aromatic rings. The van der Waals surface area contributed by atoms with Gasteiger partial charge in [-0.15, -0.1) is 0 Å². The number of benzene rings is 1. The van der Waals surface area contributed by atoms with Crippen molar-refractivity contribution >= 4 is 0 Å². The van der Waals surface area contributed by atoms with E-state index in [1.807, 2.05) is 23.2 Å². The zero-order valence-electron chi connectivity index (χ0n) is 16.6. The number of ether oxygens (including phenoxy) is 1. The molecule has 0 bridgehead atoms. The van der Waals surface area contributed by atoms with Crippen molar-refractivity contribution in [3.8, 4) is 11.8 Å². The van der Waals surface area contributed by atoms with Crippen molar-refractivity contribution < 1.29 is 4.74 Å². The number of nitrogens with zero attached hydrogens (tertiary/aromatic N) is 4. The van der Waals surface area contributed by atoms with Crippen LogP contribution in [-0.2, 0) is 11.3 Å². The molecule has 5 heteroatoms. The summed E-state index contributed by atoms with van der Waals surface area (Å²) in [6.45, 7) is 2.72. The first-order valence-electron chi connectivity index (χ1n) is 10.3. The van der Waals surface area contributed by atoms with Crippen LogP contribution in [0, 0.1) is 24.7 Å². The summed E-state index contributed by atoms with van der Waals surface area (Å²) in [6, 6.07) is 8.25. The third-order valence-corrected chi connectivity index (χ3v) is 5.28. The van der Waals surface area contributed by atoms with Gasteiger partial charge in [-0.1, -0.05) is 17.9 Å². The van der Waals surface area contributed by atoms with E-state index in [1.165, 1.54) is 18.4 Å².